The number of carboxylic acid groups (broad SMARTS) is 1. The molecule has 0 amide bonds. The quantitative estimate of drug-likeness (QED) is 0.873. The molecule has 1 aromatic carbocycles. The molecule has 0 unspecified atom stereocenters. The Morgan fingerprint density at radius 1 is 1.59 bits per heavy atom. The first kappa shape index (κ1) is 13.5. The molecule has 17 heavy (non-hydrogen) atoms. The van der Waals surface area contributed by atoms with Crippen LogP contribution in [0, 0.1) is 18.2 Å². The van der Waals surface area contributed by atoms with Gasteiger partial charge < -0.3 is 9.84 Å². The summed E-state index contributed by atoms with van der Waals surface area (Å²) in [6.07, 6.45) is 5.22. The molecule has 1 N–H and O–H groups in total. The highest BCUT2D eigenvalue weighted by molar-refractivity contribution is 9.10. The zero-order chi connectivity index (χ0) is 13.2. The molecule has 0 aromatic heterocycles. The lowest BCUT2D eigenvalue weighted by atomic mass is 10.1. The Labute approximate surface area is 107 Å². The van der Waals surface area contributed by atoms with Crippen LogP contribution in [-0.2, 0) is 0 Å². The molecule has 0 saturated heterocycles. The lowest BCUT2D eigenvalue weighted by Crippen LogP contribution is -2.26. The van der Waals surface area contributed by atoms with Gasteiger partial charge in [0.2, 0.25) is 0 Å². The fourth-order valence-corrected chi connectivity index (χ4v) is 1.58. The van der Waals surface area contributed by atoms with Crippen molar-refractivity contribution in [2.45, 2.75) is 19.4 Å². The molecule has 0 radical (unpaired) electrons. The summed E-state index contributed by atoms with van der Waals surface area (Å²) in [5, 5.41) is 8.79. The number of carbonyl (C=O) groups is 1. The summed E-state index contributed by atoms with van der Waals surface area (Å²) in [5.74, 6) is 0.253. The standard InChI is InChI=1S/C12H10BrFO3/c1-4-12(2,3)17-8-6-5-7(11(15)16)9(13)10(8)14/h1,5-6H,2-3H3,(H,15,16). The van der Waals surface area contributed by atoms with Gasteiger partial charge in [-0.25, -0.2) is 9.18 Å². The molecule has 5 heteroatoms. The van der Waals surface area contributed by atoms with Crippen molar-refractivity contribution in [3.8, 4) is 18.1 Å². The Balaban J connectivity index is 3.19. The minimum Gasteiger partial charge on any atom is -0.478 e. The fraction of sp³-hybridized carbons (Fsp3) is 0.250. The molecule has 1 rings (SSSR count). The van der Waals surface area contributed by atoms with Crippen molar-refractivity contribution in [3.63, 3.8) is 0 Å². The lowest BCUT2D eigenvalue weighted by Gasteiger charge is -2.21. The summed E-state index contributed by atoms with van der Waals surface area (Å²) in [6, 6.07) is 2.49. The van der Waals surface area contributed by atoms with E-state index in [1.165, 1.54) is 12.1 Å². The van der Waals surface area contributed by atoms with Crippen LogP contribution in [0.1, 0.15) is 24.2 Å². The van der Waals surface area contributed by atoms with E-state index in [9.17, 15) is 9.18 Å². The van der Waals surface area contributed by atoms with Crippen LogP contribution in [0.3, 0.4) is 0 Å². The van der Waals surface area contributed by atoms with E-state index in [1.54, 1.807) is 13.8 Å². The Bertz CT molecular complexity index is 503. The monoisotopic (exact) mass is 300 g/mol. The molecule has 0 heterocycles. The maximum atomic E-state index is 13.8. The Kier molecular flexibility index (Phi) is 3.79. The zero-order valence-electron chi connectivity index (χ0n) is 9.25. The molecule has 0 aliphatic carbocycles. The highest BCUT2D eigenvalue weighted by Crippen LogP contribution is 2.30. The first-order valence-corrected chi connectivity index (χ1v) is 5.46. The number of carboxylic acids is 1. The highest BCUT2D eigenvalue weighted by Gasteiger charge is 2.22. The third-order valence-electron chi connectivity index (χ3n) is 1.99. The van der Waals surface area contributed by atoms with Gasteiger partial charge in [0.15, 0.2) is 17.2 Å². The van der Waals surface area contributed by atoms with E-state index in [0.29, 0.717) is 0 Å². The van der Waals surface area contributed by atoms with Gasteiger partial charge >= 0.3 is 5.97 Å². The highest BCUT2D eigenvalue weighted by atomic mass is 79.9. The van der Waals surface area contributed by atoms with E-state index < -0.39 is 17.4 Å². The second-order valence-electron chi connectivity index (χ2n) is 3.80. The van der Waals surface area contributed by atoms with Crippen LogP contribution < -0.4 is 4.74 Å². The molecule has 0 saturated carbocycles. The van der Waals surface area contributed by atoms with Crippen molar-refractivity contribution >= 4 is 21.9 Å². The van der Waals surface area contributed by atoms with E-state index in [0.717, 1.165) is 0 Å². The summed E-state index contributed by atoms with van der Waals surface area (Å²) in [5.41, 5.74) is -1.14. The molecular formula is C12H10BrFO3. The lowest BCUT2D eigenvalue weighted by molar-refractivity contribution is 0.0695. The maximum Gasteiger partial charge on any atom is 0.336 e. The number of ether oxygens (including phenoxy) is 1. The van der Waals surface area contributed by atoms with Crippen LogP contribution in [-0.4, -0.2) is 16.7 Å². The largest absolute Gasteiger partial charge is 0.478 e. The van der Waals surface area contributed by atoms with Crippen LogP contribution in [0.5, 0.6) is 5.75 Å². The number of hydrogen-bond acceptors (Lipinski definition) is 2. The Morgan fingerprint density at radius 3 is 2.65 bits per heavy atom. The van der Waals surface area contributed by atoms with Crippen LogP contribution in [0.2, 0.25) is 0 Å². The van der Waals surface area contributed by atoms with Crippen LogP contribution in [0.25, 0.3) is 0 Å². The summed E-state index contributed by atoms with van der Waals surface area (Å²) in [4.78, 5) is 10.8. The molecular weight excluding hydrogens is 291 g/mol. The number of rotatable bonds is 3. The summed E-state index contributed by atoms with van der Waals surface area (Å²) in [6.45, 7) is 3.21. The molecule has 0 fully saturated rings. The zero-order valence-corrected chi connectivity index (χ0v) is 10.8. The van der Waals surface area contributed by atoms with Gasteiger partial charge in [-0.05, 0) is 41.9 Å². The van der Waals surface area contributed by atoms with Gasteiger partial charge in [0.05, 0.1) is 10.0 Å². The SMILES string of the molecule is C#CC(C)(C)Oc1ccc(C(=O)O)c(Br)c1F. The molecule has 0 aliphatic rings. The molecule has 0 spiro atoms. The van der Waals surface area contributed by atoms with Crippen molar-refractivity contribution in [1.82, 2.24) is 0 Å². The van der Waals surface area contributed by atoms with Gasteiger partial charge in [-0.2, -0.15) is 0 Å². The topological polar surface area (TPSA) is 46.5 Å². The minimum atomic E-state index is -1.22. The summed E-state index contributed by atoms with van der Waals surface area (Å²) < 4.78 is 18.9. The number of hydrogen-bond donors (Lipinski definition) is 1. The van der Waals surface area contributed by atoms with Gasteiger partial charge in [-0.15, -0.1) is 6.42 Å². The number of aromatic carboxylic acids is 1. The van der Waals surface area contributed by atoms with Crippen LogP contribution in [0.15, 0.2) is 16.6 Å². The maximum absolute atomic E-state index is 13.8. The average molecular weight is 301 g/mol. The van der Waals surface area contributed by atoms with Crippen molar-refractivity contribution in [3.05, 3.63) is 28.0 Å². The van der Waals surface area contributed by atoms with Gasteiger partial charge in [-0.1, -0.05) is 5.92 Å². The third kappa shape index (κ3) is 2.98. The molecule has 0 atom stereocenters. The van der Waals surface area contributed by atoms with E-state index >= 15 is 0 Å². The molecule has 3 nitrogen and oxygen atoms in total. The number of benzene rings is 1. The van der Waals surface area contributed by atoms with Crippen LogP contribution in [0.4, 0.5) is 4.39 Å². The molecule has 1 aromatic rings. The smallest absolute Gasteiger partial charge is 0.336 e. The van der Waals surface area contributed by atoms with Gasteiger partial charge in [-0.3, -0.25) is 0 Å². The van der Waals surface area contributed by atoms with E-state index in [2.05, 4.69) is 21.9 Å². The van der Waals surface area contributed by atoms with Crippen molar-refractivity contribution < 1.29 is 19.0 Å². The molecule has 0 aliphatic heterocycles. The third-order valence-corrected chi connectivity index (χ3v) is 2.77. The minimum absolute atomic E-state index is 0.0928. The second-order valence-corrected chi connectivity index (χ2v) is 4.59. The van der Waals surface area contributed by atoms with E-state index in [1.807, 2.05) is 0 Å². The number of halogens is 2. The van der Waals surface area contributed by atoms with Crippen LogP contribution >= 0.6 is 15.9 Å². The average Bonchev–Trinajstić information content (AvgIpc) is 2.24. The van der Waals surface area contributed by atoms with Gasteiger partial charge in [0.1, 0.15) is 0 Å². The van der Waals surface area contributed by atoms with Crippen molar-refractivity contribution in [2.75, 3.05) is 0 Å². The van der Waals surface area contributed by atoms with Gasteiger partial charge in [0.25, 0.3) is 0 Å². The molecule has 90 valence electrons. The predicted molar refractivity (Wildman–Crippen MR) is 64.6 cm³/mol. The van der Waals surface area contributed by atoms with Crippen molar-refractivity contribution in [2.24, 2.45) is 0 Å². The second kappa shape index (κ2) is 4.76. The Morgan fingerprint density at radius 2 is 2.18 bits per heavy atom. The fourth-order valence-electron chi connectivity index (χ4n) is 1.08. The van der Waals surface area contributed by atoms with Crippen molar-refractivity contribution in [1.29, 1.82) is 0 Å². The van der Waals surface area contributed by atoms with Gasteiger partial charge in [0, 0.05) is 0 Å². The first-order valence-electron chi connectivity index (χ1n) is 4.66. The summed E-state index contributed by atoms with van der Waals surface area (Å²) >= 11 is 2.87. The Hall–Kier alpha value is -1.54. The number of terminal acetylenes is 1. The summed E-state index contributed by atoms with van der Waals surface area (Å²) in [7, 11) is 0. The van der Waals surface area contributed by atoms with E-state index in [-0.39, 0.29) is 15.8 Å². The molecule has 0 bridgehead atoms. The predicted octanol–water partition coefficient (Wildman–Crippen LogP) is 3.08. The normalized spacial score (nSPS) is 10.8. The van der Waals surface area contributed by atoms with E-state index in [4.69, 9.17) is 16.3 Å². The first-order chi connectivity index (χ1) is 7.78.